The summed E-state index contributed by atoms with van der Waals surface area (Å²) in [5, 5.41) is -4.26. The van der Waals surface area contributed by atoms with E-state index >= 15 is 0 Å². The second kappa shape index (κ2) is 10.3. The smallest absolute Gasteiger partial charge is 0.466 e. The highest BCUT2D eigenvalue weighted by Crippen LogP contribution is 2.42. The van der Waals surface area contributed by atoms with Gasteiger partial charge in [0.2, 0.25) is 0 Å². The SMILES string of the molecule is C=C(C)C(=O)OC(OCCCC(F)(F)C(F)(F)S(=O)(=O)[O-])(C(=O)NCC(C)C)C(F)(F)F. The van der Waals surface area contributed by atoms with Crippen molar-refractivity contribution in [2.75, 3.05) is 13.2 Å². The maximum absolute atomic E-state index is 13.7. The van der Waals surface area contributed by atoms with Crippen LogP contribution in [0.25, 0.3) is 0 Å². The Balaban J connectivity index is 5.78. The van der Waals surface area contributed by atoms with Crippen molar-refractivity contribution >= 4 is 22.0 Å². The lowest BCUT2D eigenvalue weighted by atomic mass is 10.1. The molecule has 0 spiro atoms. The van der Waals surface area contributed by atoms with Crippen LogP contribution in [-0.2, 0) is 29.2 Å². The van der Waals surface area contributed by atoms with E-state index in [0.29, 0.717) is 0 Å². The molecule has 188 valence electrons. The number of ether oxygens (including phenoxy) is 2. The van der Waals surface area contributed by atoms with Crippen LogP contribution in [-0.4, -0.2) is 61.1 Å². The molecule has 1 unspecified atom stereocenters. The monoisotopic (exact) mass is 504 g/mol. The average molecular weight is 504 g/mol. The predicted molar refractivity (Wildman–Crippen MR) is 92.3 cm³/mol. The topological polar surface area (TPSA) is 122 Å². The summed E-state index contributed by atoms with van der Waals surface area (Å²) in [6.45, 7) is 5.10. The van der Waals surface area contributed by atoms with Crippen LogP contribution < -0.4 is 5.32 Å². The fourth-order valence-corrected chi connectivity index (χ4v) is 2.35. The van der Waals surface area contributed by atoms with Gasteiger partial charge in [-0.1, -0.05) is 20.4 Å². The molecule has 0 saturated heterocycles. The van der Waals surface area contributed by atoms with Crippen molar-refractivity contribution in [1.82, 2.24) is 5.32 Å². The molecule has 1 N–H and O–H groups in total. The van der Waals surface area contributed by atoms with E-state index in [1.807, 2.05) is 0 Å². The Hall–Kier alpha value is -1.94. The van der Waals surface area contributed by atoms with E-state index in [9.17, 15) is 53.3 Å². The molecule has 0 radical (unpaired) electrons. The Bertz CT molecular complexity index is 812. The van der Waals surface area contributed by atoms with Gasteiger partial charge in [0, 0.05) is 18.5 Å². The van der Waals surface area contributed by atoms with Gasteiger partial charge in [0.25, 0.3) is 0 Å². The van der Waals surface area contributed by atoms with Gasteiger partial charge in [-0.3, -0.25) is 4.79 Å². The number of hydrogen-bond acceptors (Lipinski definition) is 7. The summed E-state index contributed by atoms with van der Waals surface area (Å²) in [6.07, 6.45) is -9.26. The van der Waals surface area contributed by atoms with Crippen LogP contribution >= 0.6 is 0 Å². The summed E-state index contributed by atoms with van der Waals surface area (Å²) in [4.78, 5) is 23.9. The molecule has 0 aliphatic carbocycles. The minimum absolute atomic E-state index is 0.351. The largest absolute Gasteiger partial charge is 0.743 e. The van der Waals surface area contributed by atoms with Crippen molar-refractivity contribution in [3.63, 3.8) is 0 Å². The number of amides is 1. The number of carbonyl (C=O) groups is 2. The maximum Gasteiger partial charge on any atom is 0.466 e. The van der Waals surface area contributed by atoms with Crippen molar-refractivity contribution in [2.24, 2.45) is 5.92 Å². The molecule has 0 aromatic heterocycles. The third kappa shape index (κ3) is 7.03. The minimum Gasteiger partial charge on any atom is -0.743 e. The van der Waals surface area contributed by atoms with E-state index in [2.05, 4.69) is 16.1 Å². The zero-order valence-electron chi connectivity index (χ0n) is 17.0. The third-order valence-corrected chi connectivity index (χ3v) is 4.53. The molecule has 1 atom stereocenters. The number of rotatable bonds is 12. The second-order valence-corrected chi connectivity index (χ2v) is 8.44. The summed E-state index contributed by atoms with van der Waals surface area (Å²) in [5.74, 6) is -14.0. The molecule has 1 amide bonds. The molecule has 0 aliphatic heterocycles. The molecule has 0 aromatic carbocycles. The maximum atomic E-state index is 13.7. The van der Waals surface area contributed by atoms with Crippen molar-refractivity contribution < 1.29 is 62.8 Å². The van der Waals surface area contributed by atoms with Gasteiger partial charge in [0.15, 0.2) is 10.1 Å². The van der Waals surface area contributed by atoms with E-state index < -0.39 is 70.2 Å². The second-order valence-electron chi connectivity index (χ2n) is 7.02. The van der Waals surface area contributed by atoms with Crippen LogP contribution in [0, 0.1) is 5.92 Å². The van der Waals surface area contributed by atoms with Crippen LogP contribution in [0.5, 0.6) is 0 Å². The molecule has 8 nitrogen and oxygen atoms in total. The molecular formula is C16H21F7NO7S-. The summed E-state index contributed by atoms with van der Waals surface area (Å²) in [6, 6.07) is 0. The molecule has 0 bridgehead atoms. The van der Waals surface area contributed by atoms with Gasteiger partial charge in [-0.15, -0.1) is 0 Å². The number of carbonyl (C=O) groups excluding carboxylic acids is 2. The highest BCUT2D eigenvalue weighted by atomic mass is 32.2. The summed E-state index contributed by atoms with van der Waals surface area (Å²) in [5.41, 5.74) is -0.592. The molecule has 32 heavy (non-hydrogen) atoms. The van der Waals surface area contributed by atoms with E-state index in [1.54, 1.807) is 5.32 Å². The van der Waals surface area contributed by atoms with Crippen LogP contribution in [0.15, 0.2) is 12.2 Å². The molecule has 16 heteroatoms. The van der Waals surface area contributed by atoms with Gasteiger partial charge in [-0.25, -0.2) is 13.2 Å². The molecule has 0 aromatic rings. The quantitative estimate of drug-likeness (QED) is 0.108. The Morgan fingerprint density at radius 3 is 1.97 bits per heavy atom. The van der Waals surface area contributed by atoms with Gasteiger partial charge in [-0.05, 0) is 19.3 Å². The van der Waals surface area contributed by atoms with Crippen LogP contribution in [0.1, 0.15) is 33.6 Å². The van der Waals surface area contributed by atoms with E-state index in [-0.39, 0.29) is 12.5 Å². The van der Waals surface area contributed by atoms with Gasteiger partial charge >= 0.3 is 35.0 Å². The fraction of sp³-hybridized carbons (Fsp3) is 0.750. The van der Waals surface area contributed by atoms with Crippen molar-refractivity contribution in [1.29, 1.82) is 0 Å². The first kappa shape index (κ1) is 30.1. The molecular weight excluding hydrogens is 483 g/mol. The molecule has 0 heterocycles. The highest BCUT2D eigenvalue weighted by Gasteiger charge is 2.66. The lowest BCUT2D eigenvalue weighted by molar-refractivity contribution is -0.347. The third-order valence-electron chi connectivity index (χ3n) is 3.61. The summed E-state index contributed by atoms with van der Waals surface area (Å²) in [7, 11) is -6.80. The molecule has 0 rings (SSSR count). The van der Waals surface area contributed by atoms with Gasteiger partial charge < -0.3 is 19.3 Å². The molecule has 0 aliphatic rings. The van der Waals surface area contributed by atoms with Gasteiger partial charge in [0.1, 0.15) is 0 Å². The zero-order valence-corrected chi connectivity index (χ0v) is 17.8. The fourth-order valence-electron chi connectivity index (χ4n) is 1.88. The molecule has 0 saturated carbocycles. The van der Waals surface area contributed by atoms with Crippen LogP contribution in [0.2, 0.25) is 0 Å². The lowest BCUT2D eigenvalue weighted by Crippen LogP contribution is -2.62. The average Bonchev–Trinajstić information content (AvgIpc) is 2.59. The van der Waals surface area contributed by atoms with Gasteiger partial charge in [0.05, 0.1) is 6.61 Å². The normalized spacial score (nSPS) is 15.2. The number of hydrogen-bond donors (Lipinski definition) is 1. The first-order valence-corrected chi connectivity index (χ1v) is 10.1. The minimum atomic E-state index is -6.80. The van der Waals surface area contributed by atoms with Crippen molar-refractivity contribution in [3.8, 4) is 0 Å². The number of esters is 1. The Labute approximate surface area is 178 Å². The summed E-state index contributed by atoms with van der Waals surface area (Å²) < 4.78 is 134. The van der Waals surface area contributed by atoms with E-state index in [1.165, 1.54) is 13.8 Å². The summed E-state index contributed by atoms with van der Waals surface area (Å²) >= 11 is 0. The molecule has 0 fully saturated rings. The van der Waals surface area contributed by atoms with E-state index in [0.717, 1.165) is 6.92 Å². The first-order valence-electron chi connectivity index (χ1n) is 8.71. The van der Waals surface area contributed by atoms with E-state index in [4.69, 9.17) is 0 Å². The van der Waals surface area contributed by atoms with Crippen LogP contribution in [0.4, 0.5) is 30.7 Å². The Morgan fingerprint density at radius 1 is 1.09 bits per heavy atom. The standard InChI is InChI=1S/C16H22F7NO7S/c1-9(2)8-24-12(26)14(15(19,20)21,31-11(25)10(3)4)30-7-5-6-13(17,18)16(22,23)32(27,28)29/h9H,3,5-8H2,1-2,4H3,(H,24,26)(H,27,28,29)/p-1. The van der Waals surface area contributed by atoms with Crippen molar-refractivity contribution in [3.05, 3.63) is 12.2 Å². The van der Waals surface area contributed by atoms with Crippen molar-refractivity contribution in [2.45, 2.75) is 56.8 Å². The first-order chi connectivity index (χ1) is 14.1. The zero-order chi connectivity index (χ0) is 25.8. The highest BCUT2D eigenvalue weighted by molar-refractivity contribution is 7.86. The number of halogens is 7. The lowest BCUT2D eigenvalue weighted by Gasteiger charge is -2.34. The van der Waals surface area contributed by atoms with Gasteiger partial charge in [-0.2, -0.15) is 30.7 Å². The van der Waals surface area contributed by atoms with Crippen LogP contribution in [0.3, 0.4) is 0 Å². The Morgan fingerprint density at radius 2 is 1.59 bits per heavy atom. The Kier molecular flexibility index (Phi) is 9.71. The number of alkyl halides is 7. The number of nitrogens with one attached hydrogen (secondary N) is 1. The predicted octanol–water partition coefficient (Wildman–Crippen LogP) is 2.71.